The smallest absolute Gasteiger partial charge is 0.275 e. The highest BCUT2D eigenvalue weighted by atomic mass is 35.5. The second-order valence-corrected chi connectivity index (χ2v) is 7.02. The lowest BCUT2D eigenvalue weighted by Crippen LogP contribution is -3.15. The number of nitrogens with zero attached hydrogens (tertiary/aromatic N) is 1. The molecule has 3 rings (SSSR count). The summed E-state index contributed by atoms with van der Waals surface area (Å²) >= 11 is 11.4. The maximum absolute atomic E-state index is 11.9. The van der Waals surface area contributed by atoms with E-state index in [0.717, 1.165) is 49.8 Å². The van der Waals surface area contributed by atoms with Gasteiger partial charge in [-0.15, -0.1) is 0 Å². The first-order chi connectivity index (χ1) is 11.1. The highest BCUT2D eigenvalue weighted by molar-refractivity contribution is 7.80. The van der Waals surface area contributed by atoms with Gasteiger partial charge in [-0.1, -0.05) is 11.6 Å². The Kier molecular flexibility index (Phi) is 5.35. The number of benzene rings is 1. The van der Waals surface area contributed by atoms with E-state index in [0.29, 0.717) is 17.6 Å². The monoisotopic (exact) mass is 353 g/mol. The summed E-state index contributed by atoms with van der Waals surface area (Å²) in [6, 6.07) is 7.95. The molecule has 23 heavy (non-hydrogen) atoms. The summed E-state index contributed by atoms with van der Waals surface area (Å²) in [6.07, 6.45) is 2.28. The van der Waals surface area contributed by atoms with Crippen LogP contribution in [0.2, 0.25) is 5.02 Å². The zero-order chi connectivity index (χ0) is 16.2. The molecule has 1 aliphatic carbocycles. The van der Waals surface area contributed by atoms with E-state index in [4.69, 9.17) is 23.8 Å². The van der Waals surface area contributed by atoms with Crippen molar-refractivity contribution in [2.45, 2.75) is 18.9 Å². The minimum absolute atomic E-state index is 0.179. The average Bonchev–Trinajstić information content (AvgIpc) is 3.34. The molecule has 3 N–H and O–H groups in total. The first kappa shape index (κ1) is 16.5. The molecule has 1 aliphatic heterocycles. The first-order valence-electron chi connectivity index (χ1n) is 8.04. The predicted molar refractivity (Wildman–Crippen MR) is 96.0 cm³/mol. The fourth-order valence-electron chi connectivity index (χ4n) is 2.67. The van der Waals surface area contributed by atoms with Crippen LogP contribution in [0.3, 0.4) is 0 Å². The lowest BCUT2D eigenvalue weighted by atomic mass is 10.3. The molecule has 2 fully saturated rings. The van der Waals surface area contributed by atoms with E-state index in [1.165, 1.54) is 4.90 Å². The molecule has 1 saturated heterocycles. The summed E-state index contributed by atoms with van der Waals surface area (Å²) in [7, 11) is 0. The van der Waals surface area contributed by atoms with Crippen LogP contribution in [0.1, 0.15) is 12.8 Å². The van der Waals surface area contributed by atoms with Crippen LogP contribution in [0.4, 0.5) is 5.69 Å². The number of anilines is 1. The third kappa shape index (κ3) is 5.06. The molecule has 1 aromatic carbocycles. The third-order valence-corrected chi connectivity index (χ3v) is 4.82. The van der Waals surface area contributed by atoms with Crippen molar-refractivity contribution in [3.8, 4) is 0 Å². The van der Waals surface area contributed by atoms with Crippen LogP contribution in [0.15, 0.2) is 24.3 Å². The highest BCUT2D eigenvalue weighted by Gasteiger charge is 2.27. The molecule has 0 spiro atoms. The summed E-state index contributed by atoms with van der Waals surface area (Å²) in [5.74, 6) is 0.179. The Bertz CT molecular complexity index is 568. The average molecular weight is 354 g/mol. The number of amides is 1. The second-order valence-electron chi connectivity index (χ2n) is 6.19. The number of hydrogen-bond acceptors (Lipinski definition) is 2. The van der Waals surface area contributed by atoms with Gasteiger partial charge in [0.25, 0.3) is 5.91 Å². The number of carbonyl (C=O) groups is 1. The molecule has 2 aliphatic rings. The van der Waals surface area contributed by atoms with Crippen molar-refractivity contribution in [2.75, 3.05) is 38.0 Å². The summed E-state index contributed by atoms with van der Waals surface area (Å²) in [5.41, 5.74) is 0.943. The Labute approximate surface area is 147 Å². The first-order valence-corrected chi connectivity index (χ1v) is 8.83. The Hall–Kier alpha value is -1.37. The van der Waals surface area contributed by atoms with E-state index >= 15 is 0 Å². The maximum Gasteiger partial charge on any atom is 0.275 e. The van der Waals surface area contributed by atoms with Crippen molar-refractivity contribution < 1.29 is 9.69 Å². The van der Waals surface area contributed by atoms with E-state index in [1.807, 2.05) is 24.3 Å². The van der Waals surface area contributed by atoms with Crippen LogP contribution in [0.5, 0.6) is 0 Å². The van der Waals surface area contributed by atoms with E-state index < -0.39 is 0 Å². The van der Waals surface area contributed by atoms with Crippen molar-refractivity contribution in [3.63, 3.8) is 0 Å². The molecule has 1 aromatic rings. The van der Waals surface area contributed by atoms with Crippen LogP contribution < -0.4 is 15.5 Å². The molecule has 7 heteroatoms. The number of hydrogen-bond donors (Lipinski definition) is 3. The van der Waals surface area contributed by atoms with Gasteiger partial charge >= 0.3 is 0 Å². The fourth-order valence-corrected chi connectivity index (χ4v) is 3.10. The van der Waals surface area contributed by atoms with E-state index in [-0.39, 0.29) is 5.91 Å². The van der Waals surface area contributed by atoms with Crippen LogP contribution in [0, 0.1) is 0 Å². The lowest BCUT2D eigenvalue weighted by Gasteiger charge is -2.33. The van der Waals surface area contributed by atoms with Crippen molar-refractivity contribution in [1.29, 1.82) is 0 Å². The van der Waals surface area contributed by atoms with Crippen molar-refractivity contribution in [1.82, 2.24) is 10.2 Å². The summed E-state index contributed by atoms with van der Waals surface area (Å²) < 4.78 is 0. The van der Waals surface area contributed by atoms with Crippen molar-refractivity contribution in [2.24, 2.45) is 0 Å². The predicted octanol–water partition coefficient (Wildman–Crippen LogP) is 0.516. The number of quaternary nitrogens is 1. The van der Waals surface area contributed by atoms with E-state index in [2.05, 4.69) is 15.5 Å². The van der Waals surface area contributed by atoms with Gasteiger partial charge in [-0.3, -0.25) is 4.79 Å². The number of carbonyl (C=O) groups excluding carboxylic acids is 1. The molecule has 0 atom stereocenters. The Morgan fingerprint density at radius 2 is 1.91 bits per heavy atom. The zero-order valence-electron chi connectivity index (χ0n) is 13.0. The van der Waals surface area contributed by atoms with Crippen LogP contribution in [0.25, 0.3) is 0 Å². The number of rotatable bonds is 4. The topological polar surface area (TPSA) is 48.8 Å². The van der Waals surface area contributed by atoms with Crippen molar-refractivity contribution in [3.05, 3.63) is 29.3 Å². The van der Waals surface area contributed by atoms with Gasteiger partial charge in [0.15, 0.2) is 11.7 Å². The van der Waals surface area contributed by atoms with Crippen LogP contribution in [-0.4, -0.2) is 54.7 Å². The molecule has 124 valence electrons. The molecular weight excluding hydrogens is 332 g/mol. The highest BCUT2D eigenvalue weighted by Crippen LogP contribution is 2.18. The SMILES string of the molecule is O=C(C[NH+]1CCN(C(=S)Nc2ccc(Cl)cc2)CC1)NC1CC1. The molecule has 0 bridgehead atoms. The van der Waals surface area contributed by atoms with Gasteiger partial charge in [0.1, 0.15) is 0 Å². The Morgan fingerprint density at radius 1 is 1.26 bits per heavy atom. The summed E-state index contributed by atoms with van der Waals surface area (Å²) in [5, 5.41) is 7.73. The van der Waals surface area contributed by atoms with Gasteiger partial charge in [-0.05, 0) is 49.3 Å². The number of halogens is 1. The number of nitrogens with one attached hydrogen (secondary N) is 3. The number of thiocarbonyl (C=S) groups is 1. The van der Waals surface area contributed by atoms with Crippen molar-refractivity contribution >= 4 is 40.5 Å². The Balaban J connectivity index is 1.41. The fraction of sp³-hybridized carbons (Fsp3) is 0.500. The standard InChI is InChI=1S/C16H21ClN4OS/c17-12-1-3-14(4-2-12)19-16(23)21-9-7-20(8-10-21)11-15(22)18-13-5-6-13/h1-4,13H,5-11H2,(H,18,22)(H,19,23)/p+1. The summed E-state index contributed by atoms with van der Waals surface area (Å²) in [4.78, 5) is 15.3. The molecule has 0 radical (unpaired) electrons. The van der Waals surface area contributed by atoms with Gasteiger partial charge in [-0.25, -0.2) is 0 Å². The van der Waals surface area contributed by atoms with Crippen LogP contribution in [-0.2, 0) is 4.79 Å². The molecule has 0 unspecified atom stereocenters. The lowest BCUT2D eigenvalue weighted by molar-refractivity contribution is -0.895. The quantitative estimate of drug-likeness (QED) is 0.691. The van der Waals surface area contributed by atoms with Gasteiger partial charge in [0.05, 0.1) is 26.2 Å². The van der Waals surface area contributed by atoms with Gasteiger partial charge < -0.3 is 20.4 Å². The molecule has 1 amide bonds. The molecule has 5 nitrogen and oxygen atoms in total. The van der Waals surface area contributed by atoms with Gasteiger partial charge in [-0.2, -0.15) is 0 Å². The van der Waals surface area contributed by atoms with Gasteiger partial charge in [0, 0.05) is 16.8 Å². The largest absolute Gasteiger partial charge is 0.348 e. The Morgan fingerprint density at radius 3 is 2.52 bits per heavy atom. The minimum Gasteiger partial charge on any atom is -0.348 e. The maximum atomic E-state index is 11.9. The second kappa shape index (κ2) is 7.47. The minimum atomic E-state index is 0.179. The molecular formula is C16H22ClN4OS+. The van der Waals surface area contributed by atoms with Crippen LogP contribution >= 0.6 is 23.8 Å². The van der Waals surface area contributed by atoms with Gasteiger partial charge in [0.2, 0.25) is 0 Å². The third-order valence-electron chi connectivity index (χ3n) is 4.21. The van der Waals surface area contributed by atoms with E-state index in [9.17, 15) is 4.79 Å². The molecule has 1 saturated carbocycles. The molecule has 1 heterocycles. The zero-order valence-corrected chi connectivity index (χ0v) is 14.6. The molecule has 0 aromatic heterocycles. The number of piperazine rings is 1. The normalized spacial score (nSPS) is 18.6. The van der Waals surface area contributed by atoms with E-state index in [1.54, 1.807) is 0 Å². The summed E-state index contributed by atoms with van der Waals surface area (Å²) in [6.45, 7) is 4.17.